The van der Waals surface area contributed by atoms with Crippen LogP contribution in [0.25, 0.3) is 12.2 Å². The van der Waals surface area contributed by atoms with Gasteiger partial charge in [-0.1, -0.05) is 72.8 Å². The van der Waals surface area contributed by atoms with Crippen LogP contribution in [0.5, 0.6) is 0 Å². The molecule has 0 heterocycles. The minimum absolute atomic E-state index is 0.0350. The molecule has 0 fully saturated rings. The van der Waals surface area contributed by atoms with Crippen molar-refractivity contribution in [2.75, 3.05) is 0 Å². The highest BCUT2D eigenvalue weighted by Crippen LogP contribution is 2.34. The molecule has 0 amide bonds. The molecule has 2 aromatic carbocycles. The van der Waals surface area contributed by atoms with Gasteiger partial charge in [-0.05, 0) is 22.8 Å². The lowest BCUT2D eigenvalue weighted by atomic mass is 9.77. The van der Waals surface area contributed by atoms with Crippen molar-refractivity contribution in [2.24, 2.45) is 5.92 Å². The van der Waals surface area contributed by atoms with Gasteiger partial charge in [0.25, 0.3) is 0 Å². The maximum absolute atomic E-state index is 12.6. The topological polar surface area (TPSA) is 40.9 Å². The number of hydrogen-bond donors (Lipinski definition) is 0. The lowest BCUT2D eigenvalue weighted by molar-refractivity contribution is -0.116. The van der Waals surface area contributed by atoms with Gasteiger partial charge in [-0.25, -0.2) is 0 Å². The van der Waals surface area contributed by atoms with Gasteiger partial charge < -0.3 is 0 Å². The zero-order valence-corrected chi connectivity index (χ0v) is 12.0. The number of benzene rings is 2. The number of allylic oxidation sites excluding steroid dienone is 2. The first-order chi connectivity index (χ1) is 10.8. The van der Waals surface area contributed by atoms with E-state index in [0.717, 1.165) is 16.7 Å². The summed E-state index contributed by atoms with van der Waals surface area (Å²) in [7, 11) is 0. The van der Waals surface area contributed by atoms with Gasteiger partial charge in [-0.2, -0.15) is 5.26 Å². The first kappa shape index (κ1) is 14.0. The number of rotatable bonds is 3. The highest BCUT2D eigenvalue weighted by molar-refractivity contribution is 6.00. The standard InChI is InChI=1S/C20H15NO/c21-14-17-12-11-16-8-4-5-9-18(16)20(17)19(22)13-10-15-6-2-1-3-7-15/h1-13,17,20H/b13-10+/t17-,20-/m0/s1. The first-order valence-corrected chi connectivity index (χ1v) is 7.23. The van der Waals surface area contributed by atoms with Crippen molar-refractivity contribution < 1.29 is 4.79 Å². The fourth-order valence-electron chi connectivity index (χ4n) is 2.75. The summed E-state index contributed by atoms with van der Waals surface area (Å²) in [6.45, 7) is 0. The van der Waals surface area contributed by atoms with Gasteiger partial charge in [-0.3, -0.25) is 4.79 Å². The molecule has 0 aromatic heterocycles. The van der Waals surface area contributed by atoms with Crippen LogP contribution < -0.4 is 0 Å². The maximum atomic E-state index is 12.6. The molecule has 2 heteroatoms. The Morgan fingerprint density at radius 2 is 1.77 bits per heavy atom. The average molecular weight is 285 g/mol. The van der Waals surface area contributed by atoms with Gasteiger partial charge >= 0.3 is 0 Å². The van der Waals surface area contributed by atoms with Crippen molar-refractivity contribution in [1.82, 2.24) is 0 Å². The fourth-order valence-corrected chi connectivity index (χ4v) is 2.75. The Kier molecular flexibility index (Phi) is 3.98. The van der Waals surface area contributed by atoms with Gasteiger partial charge in [0.1, 0.15) is 0 Å². The molecular formula is C20H15NO. The van der Waals surface area contributed by atoms with Gasteiger partial charge in [0.2, 0.25) is 0 Å². The Morgan fingerprint density at radius 3 is 2.55 bits per heavy atom. The minimum Gasteiger partial charge on any atom is -0.294 e. The van der Waals surface area contributed by atoms with Gasteiger partial charge in [0.05, 0.1) is 17.9 Å². The second-order valence-electron chi connectivity index (χ2n) is 5.27. The zero-order valence-electron chi connectivity index (χ0n) is 12.0. The van der Waals surface area contributed by atoms with Gasteiger partial charge in [-0.15, -0.1) is 0 Å². The fraction of sp³-hybridized carbons (Fsp3) is 0.100. The molecule has 0 bridgehead atoms. The van der Waals surface area contributed by atoms with E-state index in [1.165, 1.54) is 0 Å². The summed E-state index contributed by atoms with van der Waals surface area (Å²) < 4.78 is 0. The third kappa shape index (κ3) is 2.75. The van der Waals surface area contributed by atoms with E-state index < -0.39 is 11.8 Å². The summed E-state index contributed by atoms with van der Waals surface area (Å²) in [6, 6.07) is 19.7. The molecule has 1 aliphatic rings. The summed E-state index contributed by atoms with van der Waals surface area (Å²) in [4.78, 5) is 12.6. The SMILES string of the molecule is N#C[C@@H]1C=Cc2ccccc2[C@H]1C(=O)/C=C/c1ccccc1. The number of carbonyl (C=O) groups excluding carboxylic acids is 1. The van der Waals surface area contributed by atoms with E-state index in [9.17, 15) is 10.1 Å². The van der Waals surface area contributed by atoms with E-state index in [1.807, 2.05) is 66.7 Å². The molecule has 0 spiro atoms. The lowest BCUT2D eigenvalue weighted by Crippen LogP contribution is -2.21. The molecule has 3 rings (SSSR count). The minimum atomic E-state index is -0.425. The second-order valence-corrected chi connectivity index (χ2v) is 5.27. The monoisotopic (exact) mass is 285 g/mol. The zero-order chi connectivity index (χ0) is 15.4. The van der Waals surface area contributed by atoms with Crippen LogP contribution in [0.2, 0.25) is 0 Å². The van der Waals surface area contributed by atoms with Crippen molar-refractivity contribution >= 4 is 17.9 Å². The summed E-state index contributed by atoms with van der Waals surface area (Å²) in [5.74, 6) is -0.874. The Labute approximate surface area is 130 Å². The summed E-state index contributed by atoms with van der Waals surface area (Å²) in [6.07, 6.45) is 7.13. The molecular weight excluding hydrogens is 270 g/mol. The van der Waals surface area contributed by atoms with Crippen LogP contribution in [-0.2, 0) is 4.79 Å². The number of nitrogens with zero attached hydrogens (tertiary/aromatic N) is 1. The molecule has 2 nitrogen and oxygen atoms in total. The Morgan fingerprint density at radius 1 is 1.05 bits per heavy atom. The number of carbonyl (C=O) groups is 1. The smallest absolute Gasteiger partial charge is 0.164 e. The van der Waals surface area contributed by atoms with Crippen LogP contribution in [0, 0.1) is 17.2 Å². The molecule has 0 N–H and O–H groups in total. The quantitative estimate of drug-likeness (QED) is 0.792. The van der Waals surface area contributed by atoms with Gasteiger partial charge in [0, 0.05) is 0 Å². The van der Waals surface area contributed by atoms with Crippen molar-refractivity contribution in [2.45, 2.75) is 5.92 Å². The molecule has 0 saturated carbocycles. The van der Waals surface area contributed by atoms with E-state index in [2.05, 4.69) is 6.07 Å². The normalized spacial score (nSPS) is 19.6. The van der Waals surface area contributed by atoms with Crippen LogP contribution >= 0.6 is 0 Å². The maximum Gasteiger partial charge on any atom is 0.164 e. The molecule has 0 radical (unpaired) electrons. The van der Waals surface area contributed by atoms with Crippen molar-refractivity contribution in [3.63, 3.8) is 0 Å². The van der Waals surface area contributed by atoms with E-state index in [0.29, 0.717) is 0 Å². The van der Waals surface area contributed by atoms with E-state index in [-0.39, 0.29) is 5.78 Å². The number of hydrogen-bond acceptors (Lipinski definition) is 2. The molecule has 106 valence electrons. The summed E-state index contributed by atoms with van der Waals surface area (Å²) in [5, 5.41) is 9.34. The highest BCUT2D eigenvalue weighted by Gasteiger charge is 2.30. The largest absolute Gasteiger partial charge is 0.294 e. The number of ketones is 1. The Hall–Kier alpha value is -2.92. The van der Waals surface area contributed by atoms with Crippen LogP contribution in [0.3, 0.4) is 0 Å². The third-order valence-electron chi connectivity index (χ3n) is 3.87. The molecule has 2 atom stereocenters. The Bertz CT molecular complexity index is 781. The predicted molar refractivity (Wildman–Crippen MR) is 87.8 cm³/mol. The van der Waals surface area contributed by atoms with Gasteiger partial charge in [0.15, 0.2) is 5.78 Å². The highest BCUT2D eigenvalue weighted by atomic mass is 16.1. The first-order valence-electron chi connectivity index (χ1n) is 7.23. The van der Waals surface area contributed by atoms with E-state index in [1.54, 1.807) is 12.2 Å². The Balaban J connectivity index is 1.92. The number of fused-ring (bicyclic) bond motifs is 1. The summed E-state index contributed by atoms with van der Waals surface area (Å²) in [5.41, 5.74) is 2.92. The second kappa shape index (κ2) is 6.24. The van der Waals surface area contributed by atoms with Crippen LogP contribution in [-0.4, -0.2) is 5.78 Å². The molecule has 22 heavy (non-hydrogen) atoms. The van der Waals surface area contributed by atoms with E-state index >= 15 is 0 Å². The average Bonchev–Trinajstić information content (AvgIpc) is 2.59. The van der Waals surface area contributed by atoms with Crippen LogP contribution in [0.1, 0.15) is 22.6 Å². The van der Waals surface area contributed by atoms with Crippen molar-refractivity contribution in [1.29, 1.82) is 5.26 Å². The van der Waals surface area contributed by atoms with Crippen LogP contribution in [0.4, 0.5) is 0 Å². The van der Waals surface area contributed by atoms with E-state index in [4.69, 9.17) is 0 Å². The lowest BCUT2D eigenvalue weighted by Gasteiger charge is -2.23. The molecule has 2 aromatic rings. The number of nitriles is 1. The molecule has 1 aliphatic carbocycles. The van der Waals surface area contributed by atoms with Crippen LogP contribution in [0.15, 0.2) is 66.7 Å². The third-order valence-corrected chi connectivity index (χ3v) is 3.87. The van der Waals surface area contributed by atoms with Crippen molar-refractivity contribution in [3.8, 4) is 6.07 Å². The molecule has 0 aliphatic heterocycles. The molecule has 0 saturated heterocycles. The predicted octanol–water partition coefficient (Wildman–Crippen LogP) is 4.22. The molecule has 0 unspecified atom stereocenters. The summed E-state index contributed by atoms with van der Waals surface area (Å²) >= 11 is 0. The van der Waals surface area contributed by atoms with Crippen molar-refractivity contribution in [3.05, 3.63) is 83.4 Å².